The maximum atomic E-state index is 9.66. The molecule has 8 saturated carbocycles. The van der Waals surface area contributed by atoms with Gasteiger partial charge in [0.25, 0.3) is 0 Å². The standard InChI is InChI=1S/C34H44O4/c35-1-3-37-30-13-28(33-15-21-5-22(16-33)7-23(6-21)17-33)11-27-12-29(14-31(32(27)30)38-4-2-36)34-18-24-8-25(19-34)10-26(9-24)20-34/h11-14,21-26,35-36H,1-10,15-20H2. The van der Waals surface area contributed by atoms with Crippen LogP contribution in [0, 0.1) is 35.5 Å². The zero-order valence-corrected chi connectivity index (χ0v) is 22.8. The Kier molecular flexibility index (Phi) is 5.61. The number of fused-ring (bicyclic) bond motifs is 1. The summed E-state index contributed by atoms with van der Waals surface area (Å²) in [6.45, 7) is 0.577. The highest BCUT2D eigenvalue weighted by molar-refractivity contribution is 5.95. The third kappa shape index (κ3) is 3.76. The van der Waals surface area contributed by atoms with Crippen molar-refractivity contribution in [3.63, 3.8) is 0 Å². The maximum Gasteiger partial charge on any atom is 0.131 e. The molecule has 8 fully saturated rings. The van der Waals surface area contributed by atoms with Crippen molar-refractivity contribution in [2.24, 2.45) is 35.5 Å². The molecule has 0 heterocycles. The van der Waals surface area contributed by atoms with Gasteiger partial charge in [-0.3, -0.25) is 0 Å². The molecule has 0 spiro atoms. The highest BCUT2D eigenvalue weighted by Crippen LogP contribution is 2.63. The van der Waals surface area contributed by atoms with Gasteiger partial charge in [-0.25, -0.2) is 0 Å². The van der Waals surface area contributed by atoms with Gasteiger partial charge in [-0.1, -0.05) is 12.1 Å². The quantitative estimate of drug-likeness (QED) is 0.420. The van der Waals surface area contributed by atoms with Gasteiger partial charge in [0.15, 0.2) is 0 Å². The number of hydrogen-bond donors (Lipinski definition) is 2. The number of ether oxygens (including phenoxy) is 2. The lowest BCUT2D eigenvalue weighted by atomic mass is 9.47. The normalized spacial score (nSPS) is 40.3. The van der Waals surface area contributed by atoms with E-state index in [9.17, 15) is 10.2 Å². The van der Waals surface area contributed by atoms with E-state index < -0.39 is 0 Å². The third-order valence-electron chi connectivity index (χ3n) is 12.0. The molecular weight excluding hydrogens is 472 g/mol. The van der Waals surface area contributed by atoms with Crippen molar-refractivity contribution >= 4 is 10.8 Å². The van der Waals surface area contributed by atoms with Crippen LogP contribution < -0.4 is 9.47 Å². The summed E-state index contributed by atoms with van der Waals surface area (Å²) in [6, 6.07) is 9.62. The van der Waals surface area contributed by atoms with Gasteiger partial charge in [-0.2, -0.15) is 0 Å². The van der Waals surface area contributed by atoms with E-state index >= 15 is 0 Å². The summed E-state index contributed by atoms with van der Waals surface area (Å²) in [5, 5.41) is 21.6. The average molecular weight is 517 g/mol. The molecule has 4 nitrogen and oxygen atoms in total. The molecule has 0 aromatic heterocycles. The molecule has 8 aliphatic rings. The fourth-order valence-corrected chi connectivity index (χ4v) is 11.5. The monoisotopic (exact) mass is 516 g/mol. The SMILES string of the molecule is OCCOc1cc(C23CC4CC(CC(C4)C2)C3)cc2cc(C34CC5CC(CC(C5)C3)C4)cc(OCCO)c12. The molecular formula is C34H44O4. The zero-order chi connectivity index (χ0) is 25.5. The lowest BCUT2D eigenvalue weighted by Gasteiger charge is -2.57. The Morgan fingerprint density at radius 1 is 0.553 bits per heavy atom. The van der Waals surface area contributed by atoms with Crippen molar-refractivity contribution in [2.45, 2.75) is 87.9 Å². The number of hydrogen-bond acceptors (Lipinski definition) is 4. The smallest absolute Gasteiger partial charge is 0.131 e. The van der Waals surface area contributed by atoms with E-state index in [2.05, 4.69) is 24.3 Å². The summed E-state index contributed by atoms with van der Waals surface area (Å²) in [6.07, 6.45) is 16.6. The molecule has 2 aromatic rings. The molecule has 0 radical (unpaired) electrons. The van der Waals surface area contributed by atoms with E-state index in [0.29, 0.717) is 0 Å². The Morgan fingerprint density at radius 3 is 1.21 bits per heavy atom. The first-order valence-corrected chi connectivity index (χ1v) is 15.6. The molecule has 8 bridgehead atoms. The van der Waals surface area contributed by atoms with Gasteiger partial charge in [0.1, 0.15) is 24.7 Å². The Morgan fingerprint density at radius 2 is 0.895 bits per heavy atom. The van der Waals surface area contributed by atoms with Gasteiger partial charge in [0, 0.05) is 0 Å². The topological polar surface area (TPSA) is 58.9 Å². The summed E-state index contributed by atoms with van der Waals surface area (Å²) < 4.78 is 12.6. The second-order valence-corrected chi connectivity index (χ2v) is 14.6. The van der Waals surface area contributed by atoms with Gasteiger partial charge < -0.3 is 19.7 Å². The number of aliphatic hydroxyl groups excluding tert-OH is 2. The van der Waals surface area contributed by atoms with E-state index in [1.165, 1.54) is 93.6 Å². The first-order valence-electron chi connectivity index (χ1n) is 15.6. The van der Waals surface area contributed by atoms with E-state index in [1.807, 2.05) is 0 Å². The van der Waals surface area contributed by atoms with E-state index in [-0.39, 0.29) is 37.3 Å². The Bertz CT molecular complexity index is 1070. The summed E-state index contributed by atoms with van der Waals surface area (Å²) >= 11 is 0. The molecule has 0 amide bonds. The van der Waals surface area contributed by atoms with E-state index in [0.717, 1.165) is 52.4 Å². The van der Waals surface area contributed by atoms with Crippen molar-refractivity contribution in [3.05, 3.63) is 35.4 Å². The van der Waals surface area contributed by atoms with Crippen molar-refractivity contribution in [2.75, 3.05) is 26.4 Å². The largest absolute Gasteiger partial charge is 0.490 e. The maximum absolute atomic E-state index is 9.66. The van der Waals surface area contributed by atoms with Crippen LogP contribution in [0.5, 0.6) is 11.5 Å². The third-order valence-corrected chi connectivity index (χ3v) is 12.0. The molecule has 0 saturated heterocycles. The predicted octanol–water partition coefficient (Wildman–Crippen LogP) is 6.52. The second-order valence-electron chi connectivity index (χ2n) is 14.6. The van der Waals surface area contributed by atoms with Crippen molar-refractivity contribution in [1.29, 1.82) is 0 Å². The first kappa shape index (κ1) is 24.1. The van der Waals surface area contributed by atoms with Crippen LogP contribution in [0.4, 0.5) is 0 Å². The van der Waals surface area contributed by atoms with Crippen molar-refractivity contribution in [1.82, 2.24) is 0 Å². The molecule has 2 aromatic carbocycles. The first-order chi connectivity index (χ1) is 18.5. The van der Waals surface area contributed by atoms with Crippen LogP contribution >= 0.6 is 0 Å². The van der Waals surface area contributed by atoms with Crippen LogP contribution in [-0.4, -0.2) is 36.6 Å². The van der Waals surface area contributed by atoms with Gasteiger partial charge >= 0.3 is 0 Å². The molecule has 4 heteroatoms. The zero-order valence-electron chi connectivity index (χ0n) is 22.8. The molecule has 0 atom stereocenters. The second kappa shape index (κ2) is 8.86. The minimum absolute atomic E-state index is 0.00127. The number of aliphatic hydroxyl groups is 2. The molecule has 10 rings (SSSR count). The van der Waals surface area contributed by atoms with E-state index in [4.69, 9.17) is 9.47 Å². The minimum atomic E-state index is 0.00127. The van der Waals surface area contributed by atoms with Crippen LogP contribution in [0.15, 0.2) is 24.3 Å². The fourth-order valence-electron chi connectivity index (χ4n) is 11.5. The summed E-state index contributed by atoms with van der Waals surface area (Å²) in [7, 11) is 0. The summed E-state index contributed by atoms with van der Waals surface area (Å²) in [4.78, 5) is 0. The van der Waals surface area contributed by atoms with Crippen LogP contribution in [0.25, 0.3) is 10.8 Å². The Labute approximate surface area is 227 Å². The molecule has 2 N–H and O–H groups in total. The summed E-state index contributed by atoms with van der Waals surface area (Å²) in [5.74, 6) is 7.04. The van der Waals surface area contributed by atoms with Gasteiger partial charge in [-0.05, 0) is 152 Å². The van der Waals surface area contributed by atoms with Gasteiger partial charge in [0.05, 0.1) is 18.6 Å². The highest BCUT2D eigenvalue weighted by Gasteiger charge is 2.53. The van der Waals surface area contributed by atoms with Crippen LogP contribution in [0.2, 0.25) is 0 Å². The van der Waals surface area contributed by atoms with Crippen molar-refractivity contribution < 1.29 is 19.7 Å². The van der Waals surface area contributed by atoms with Crippen LogP contribution in [-0.2, 0) is 10.8 Å². The minimum Gasteiger partial charge on any atom is -0.490 e. The predicted molar refractivity (Wildman–Crippen MR) is 149 cm³/mol. The number of rotatable bonds is 8. The molecule has 0 unspecified atom stereocenters. The fraction of sp³-hybridized carbons (Fsp3) is 0.706. The number of benzene rings is 2. The lowest BCUT2D eigenvalue weighted by Crippen LogP contribution is -2.48. The van der Waals surface area contributed by atoms with Crippen LogP contribution in [0.3, 0.4) is 0 Å². The molecule has 8 aliphatic carbocycles. The molecule has 204 valence electrons. The highest BCUT2D eigenvalue weighted by atomic mass is 16.5. The average Bonchev–Trinajstić information content (AvgIpc) is 2.88. The molecule has 38 heavy (non-hydrogen) atoms. The summed E-state index contributed by atoms with van der Waals surface area (Å²) in [5.41, 5.74) is 3.49. The van der Waals surface area contributed by atoms with E-state index in [1.54, 1.807) is 0 Å². The van der Waals surface area contributed by atoms with Gasteiger partial charge in [-0.15, -0.1) is 0 Å². The molecule has 0 aliphatic heterocycles. The van der Waals surface area contributed by atoms with Crippen molar-refractivity contribution in [3.8, 4) is 11.5 Å². The lowest BCUT2D eigenvalue weighted by molar-refractivity contribution is -0.00532. The Balaban J connectivity index is 1.29. The van der Waals surface area contributed by atoms with Gasteiger partial charge in [0.2, 0.25) is 0 Å². The Hall–Kier alpha value is -1.78. The van der Waals surface area contributed by atoms with Crippen LogP contribution in [0.1, 0.15) is 88.2 Å².